The Labute approximate surface area is 297 Å². The van der Waals surface area contributed by atoms with Gasteiger partial charge in [-0.05, 0) is 100 Å². The average molecular weight is 651 g/mol. The summed E-state index contributed by atoms with van der Waals surface area (Å²) >= 11 is 0. The van der Waals surface area contributed by atoms with Gasteiger partial charge in [-0.2, -0.15) is 0 Å². The van der Waals surface area contributed by atoms with Crippen molar-refractivity contribution in [2.75, 3.05) is 4.90 Å². The van der Waals surface area contributed by atoms with Crippen LogP contribution >= 0.6 is 0 Å². The smallest absolute Gasteiger partial charge is 0.0561 e. The van der Waals surface area contributed by atoms with Gasteiger partial charge in [-0.25, -0.2) is 0 Å². The summed E-state index contributed by atoms with van der Waals surface area (Å²) < 4.78 is 2.41. The SMILES string of the molecule is c1ccc(-n2c3ccccc3c3ccc(N(c4ccc5c(c4)-c4ccccc4C54Cc5ccccc5C4)c4cccc5ccccc45)cc32)cc1. The lowest BCUT2D eigenvalue weighted by Crippen LogP contribution is -2.25. The molecule has 2 aliphatic rings. The zero-order valence-corrected chi connectivity index (χ0v) is 28.1. The molecule has 2 nitrogen and oxygen atoms in total. The number of hydrogen-bond donors (Lipinski definition) is 0. The molecular formula is C49H34N2. The van der Waals surface area contributed by atoms with E-state index in [1.807, 2.05) is 0 Å². The summed E-state index contributed by atoms with van der Waals surface area (Å²) in [6.07, 6.45) is 2.08. The predicted molar refractivity (Wildman–Crippen MR) is 213 cm³/mol. The van der Waals surface area contributed by atoms with Crippen LogP contribution in [0.3, 0.4) is 0 Å². The van der Waals surface area contributed by atoms with E-state index in [2.05, 4.69) is 191 Å². The first kappa shape index (κ1) is 28.5. The molecule has 8 aromatic carbocycles. The van der Waals surface area contributed by atoms with E-state index in [1.165, 1.54) is 71.6 Å². The monoisotopic (exact) mass is 650 g/mol. The van der Waals surface area contributed by atoms with Crippen molar-refractivity contribution in [2.24, 2.45) is 0 Å². The van der Waals surface area contributed by atoms with Gasteiger partial charge in [0.15, 0.2) is 0 Å². The van der Waals surface area contributed by atoms with E-state index in [0.29, 0.717) is 0 Å². The normalized spacial score (nSPS) is 13.9. The molecule has 0 fully saturated rings. The zero-order valence-electron chi connectivity index (χ0n) is 28.1. The van der Waals surface area contributed by atoms with Crippen LogP contribution in [0.25, 0.3) is 49.4 Å². The molecule has 0 bridgehead atoms. The number of para-hydroxylation sites is 2. The second kappa shape index (κ2) is 10.8. The lowest BCUT2D eigenvalue weighted by molar-refractivity contribution is 0.563. The lowest BCUT2D eigenvalue weighted by atomic mass is 9.75. The third-order valence-corrected chi connectivity index (χ3v) is 11.6. The Morgan fingerprint density at radius 3 is 1.92 bits per heavy atom. The number of benzene rings is 8. The maximum Gasteiger partial charge on any atom is 0.0561 e. The van der Waals surface area contributed by atoms with Gasteiger partial charge in [0.05, 0.1) is 16.7 Å². The summed E-state index contributed by atoms with van der Waals surface area (Å²) in [4.78, 5) is 2.48. The van der Waals surface area contributed by atoms with Crippen LogP contribution in [0.2, 0.25) is 0 Å². The Kier molecular flexibility index (Phi) is 6.03. The Hall–Kier alpha value is -6.38. The van der Waals surface area contributed by atoms with E-state index >= 15 is 0 Å². The molecule has 1 heterocycles. The van der Waals surface area contributed by atoms with E-state index in [9.17, 15) is 0 Å². The largest absolute Gasteiger partial charge is 0.310 e. The van der Waals surface area contributed by atoms with E-state index in [0.717, 1.165) is 29.9 Å². The number of rotatable bonds is 4. The quantitative estimate of drug-likeness (QED) is 0.184. The topological polar surface area (TPSA) is 8.17 Å². The minimum Gasteiger partial charge on any atom is -0.310 e. The summed E-state index contributed by atoms with van der Waals surface area (Å²) in [5.41, 5.74) is 15.6. The lowest BCUT2D eigenvalue weighted by Gasteiger charge is -2.29. The van der Waals surface area contributed by atoms with Gasteiger partial charge in [-0.1, -0.05) is 133 Å². The number of aromatic nitrogens is 1. The van der Waals surface area contributed by atoms with Crippen molar-refractivity contribution in [3.8, 4) is 16.8 Å². The molecule has 0 atom stereocenters. The van der Waals surface area contributed by atoms with Gasteiger partial charge >= 0.3 is 0 Å². The first-order valence-corrected chi connectivity index (χ1v) is 17.9. The molecule has 2 aliphatic carbocycles. The molecule has 0 unspecified atom stereocenters. The Bertz CT molecular complexity index is 2790. The number of hydrogen-bond acceptors (Lipinski definition) is 1. The summed E-state index contributed by atoms with van der Waals surface area (Å²) in [6.45, 7) is 0. The first-order chi connectivity index (χ1) is 25.3. The van der Waals surface area contributed by atoms with Crippen LogP contribution in [0.15, 0.2) is 182 Å². The van der Waals surface area contributed by atoms with Gasteiger partial charge < -0.3 is 9.47 Å². The molecule has 0 saturated carbocycles. The zero-order chi connectivity index (χ0) is 33.5. The number of nitrogens with zero attached hydrogens (tertiary/aromatic N) is 2. The van der Waals surface area contributed by atoms with Gasteiger partial charge in [0.2, 0.25) is 0 Å². The van der Waals surface area contributed by atoms with Crippen molar-refractivity contribution in [3.63, 3.8) is 0 Å². The summed E-state index contributed by atoms with van der Waals surface area (Å²) in [5.74, 6) is 0. The van der Waals surface area contributed by atoms with Crippen molar-refractivity contribution in [3.05, 3.63) is 204 Å². The molecule has 1 spiro atoms. The Morgan fingerprint density at radius 2 is 1.06 bits per heavy atom. The van der Waals surface area contributed by atoms with Crippen molar-refractivity contribution < 1.29 is 0 Å². The third kappa shape index (κ3) is 4.11. The molecule has 1 aromatic heterocycles. The average Bonchev–Trinajstić information content (AvgIpc) is 3.83. The van der Waals surface area contributed by atoms with E-state index in [1.54, 1.807) is 0 Å². The minimum absolute atomic E-state index is 0.0338. The van der Waals surface area contributed by atoms with Crippen LogP contribution in [-0.4, -0.2) is 4.57 Å². The Morgan fingerprint density at radius 1 is 0.431 bits per heavy atom. The van der Waals surface area contributed by atoms with Gasteiger partial charge in [-0.15, -0.1) is 0 Å². The minimum atomic E-state index is -0.0338. The van der Waals surface area contributed by atoms with Crippen molar-refractivity contribution in [2.45, 2.75) is 18.3 Å². The molecular weight excluding hydrogens is 617 g/mol. The first-order valence-electron chi connectivity index (χ1n) is 17.9. The molecule has 9 aromatic rings. The van der Waals surface area contributed by atoms with E-state index < -0.39 is 0 Å². The summed E-state index contributed by atoms with van der Waals surface area (Å²) in [6, 6.07) is 67.4. The van der Waals surface area contributed by atoms with E-state index in [4.69, 9.17) is 0 Å². The van der Waals surface area contributed by atoms with Crippen LogP contribution < -0.4 is 4.90 Å². The maximum atomic E-state index is 2.48. The molecule has 0 radical (unpaired) electrons. The third-order valence-electron chi connectivity index (χ3n) is 11.6. The van der Waals surface area contributed by atoms with Crippen molar-refractivity contribution in [1.29, 1.82) is 0 Å². The highest BCUT2D eigenvalue weighted by Crippen LogP contribution is 2.56. The molecule has 0 amide bonds. The number of fused-ring (bicyclic) bond motifs is 10. The molecule has 0 aliphatic heterocycles. The predicted octanol–water partition coefficient (Wildman–Crippen LogP) is 12.5. The highest BCUT2D eigenvalue weighted by Gasteiger charge is 2.47. The van der Waals surface area contributed by atoms with Gasteiger partial charge in [0.25, 0.3) is 0 Å². The molecule has 0 N–H and O–H groups in total. The fourth-order valence-corrected chi connectivity index (χ4v) is 9.37. The molecule has 2 heteroatoms. The van der Waals surface area contributed by atoms with Crippen LogP contribution in [-0.2, 0) is 18.3 Å². The van der Waals surface area contributed by atoms with Crippen LogP contribution in [0, 0.1) is 0 Å². The fourth-order valence-electron chi connectivity index (χ4n) is 9.37. The van der Waals surface area contributed by atoms with Gasteiger partial charge in [-0.3, -0.25) is 0 Å². The van der Waals surface area contributed by atoms with E-state index in [-0.39, 0.29) is 5.41 Å². The second-order valence-electron chi connectivity index (χ2n) is 14.2. The second-order valence-corrected chi connectivity index (χ2v) is 14.2. The summed E-state index contributed by atoms with van der Waals surface area (Å²) in [7, 11) is 0. The van der Waals surface area contributed by atoms with Crippen LogP contribution in [0.4, 0.5) is 17.1 Å². The highest BCUT2D eigenvalue weighted by molar-refractivity contribution is 6.11. The molecule has 11 rings (SSSR count). The van der Waals surface area contributed by atoms with Crippen molar-refractivity contribution in [1.82, 2.24) is 4.57 Å². The molecule has 240 valence electrons. The Balaban J connectivity index is 1.16. The van der Waals surface area contributed by atoms with Crippen molar-refractivity contribution >= 4 is 49.6 Å². The van der Waals surface area contributed by atoms with Gasteiger partial charge in [0.1, 0.15) is 0 Å². The van der Waals surface area contributed by atoms with Gasteiger partial charge in [0, 0.05) is 38.6 Å². The van der Waals surface area contributed by atoms with Crippen LogP contribution in [0.5, 0.6) is 0 Å². The number of anilines is 3. The molecule has 0 saturated heterocycles. The highest BCUT2D eigenvalue weighted by atomic mass is 15.1. The maximum absolute atomic E-state index is 2.48. The fraction of sp³-hybridized carbons (Fsp3) is 0.0612. The molecule has 51 heavy (non-hydrogen) atoms. The van der Waals surface area contributed by atoms with Crippen LogP contribution in [0.1, 0.15) is 22.3 Å². The summed E-state index contributed by atoms with van der Waals surface area (Å²) in [5, 5.41) is 4.97. The standard InChI is InChI=1S/C49H34N2/c1-2-17-36(18-3-1)51-47-23-11-9-21-41(47)42-27-25-38(30-48(42)51)50(46-24-12-16-33-13-6-7-19-39(33)46)37-26-28-45-43(29-37)40-20-8-10-22-44(40)49(45)31-34-14-4-5-15-35(34)32-49/h1-30H,31-32H2.